The zero-order chi connectivity index (χ0) is 23.7. The molecular weight excluding hydrogens is 456 g/mol. The number of amides is 2. The van der Waals surface area contributed by atoms with Gasteiger partial charge in [0.25, 0.3) is 17.6 Å². The summed E-state index contributed by atoms with van der Waals surface area (Å²) in [6.45, 7) is 1.17. The Kier molecular flexibility index (Phi) is 5.76. The minimum absolute atomic E-state index is 0.191. The van der Waals surface area contributed by atoms with Crippen LogP contribution in [0.4, 0.5) is 0 Å². The van der Waals surface area contributed by atoms with E-state index in [-0.39, 0.29) is 24.6 Å². The van der Waals surface area contributed by atoms with E-state index >= 15 is 0 Å². The number of aromatic nitrogens is 4. The summed E-state index contributed by atoms with van der Waals surface area (Å²) in [5, 5.41) is 0.503. The van der Waals surface area contributed by atoms with Crippen LogP contribution in [0.1, 0.15) is 20.8 Å². The van der Waals surface area contributed by atoms with E-state index in [0.717, 1.165) is 4.88 Å². The first-order chi connectivity index (χ1) is 16.6. The van der Waals surface area contributed by atoms with Gasteiger partial charge in [-0.2, -0.15) is 0 Å². The first kappa shape index (κ1) is 21.7. The number of hydrogen-bond donors (Lipinski definition) is 1. The third-order valence-corrected chi connectivity index (χ3v) is 6.52. The number of nitrogens with zero attached hydrogens (tertiary/aromatic N) is 5. The molecule has 0 radical (unpaired) electrons. The molecule has 1 N–H and O–H groups in total. The predicted octanol–water partition coefficient (Wildman–Crippen LogP) is 2.26. The lowest BCUT2D eigenvalue weighted by Gasteiger charge is -2.34. The van der Waals surface area contributed by atoms with Crippen molar-refractivity contribution in [3.8, 4) is 16.3 Å². The van der Waals surface area contributed by atoms with Gasteiger partial charge in [-0.05, 0) is 12.1 Å². The molecule has 0 saturated carbocycles. The molecule has 5 rings (SSSR count). The van der Waals surface area contributed by atoms with E-state index in [4.69, 9.17) is 4.74 Å². The van der Waals surface area contributed by atoms with Crippen molar-refractivity contribution in [2.45, 2.75) is 0 Å². The fourth-order valence-electron chi connectivity index (χ4n) is 3.99. The molecule has 1 fully saturated rings. The number of H-pyrrole nitrogens is 1. The molecule has 0 aromatic carbocycles. The van der Waals surface area contributed by atoms with Crippen molar-refractivity contribution in [1.29, 1.82) is 0 Å². The lowest BCUT2D eigenvalue weighted by molar-refractivity contribution is -0.127. The molecule has 5 heterocycles. The molecule has 172 valence electrons. The number of hydrogen-bond acceptors (Lipinski definition) is 8. The number of ether oxygens (including phenoxy) is 1. The molecule has 1 aliphatic heterocycles. The van der Waals surface area contributed by atoms with Crippen molar-refractivity contribution in [2.24, 2.45) is 0 Å². The van der Waals surface area contributed by atoms with Crippen molar-refractivity contribution in [3.63, 3.8) is 0 Å². The number of ketones is 1. The Labute approximate surface area is 198 Å². The minimum Gasteiger partial charge on any atom is -0.494 e. The Morgan fingerprint density at radius 3 is 2.53 bits per heavy atom. The Morgan fingerprint density at radius 2 is 1.85 bits per heavy atom. The van der Waals surface area contributed by atoms with Crippen LogP contribution in [-0.4, -0.2) is 80.6 Å². The first-order valence-corrected chi connectivity index (χ1v) is 11.4. The maximum absolute atomic E-state index is 13.2. The van der Waals surface area contributed by atoms with Crippen LogP contribution >= 0.6 is 11.3 Å². The van der Waals surface area contributed by atoms with Gasteiger partial charge in [-0.1, -0.05) is 6.07 Å². The van der Waals surface area contributed by atoms with Crippen molar-refractivity contribution in [2.75, 3.05) is 33.3 Å². The van der Waals surface area contributed by atoms with Crippen LogP contribution in [0.5, 0.6) is 5.75 Å². The van der Waals surface area contributed by atoms with Crippen LogP contribution in [0, 0.1) is 0 Å². The molecule has 4 aromatic heterocycles. The molecule has 1 saturated heterocycles. The molecule has 11 heteroatoms. The average Bonchev–Trinajstić information content (AvgIpc) is 3.58. The highest BCUT2D eigenvalue weighted by Gasteiger charge is 2.31. The summed E-state index contributed by atoms with van der Waals surface area (Å²) in [4.78, 5) is 58.6. The number of methoxy groups -OCH3 is 1. The van der Waals surface area contributed by atoms with Gasteiger partial charge in [0.1, 0.15) is 17.1 Å². The van der Waals surface area contributed by atoms with Gasteiger partial charge in [0.15, 0.2) is 0 Å². The summed E-state index contributed by atoms with van der Waals surface area (Å²) in [5.74, 6) is -1.06. The monoisotopic (exact) mass is 476 g/mol. The van der Waals surface area contributed by atoms with E-state index in [1.54, 1.807) is 41.0 Å². The van der Waals surface area contributed by atoms with Crippen LogP contribution < -0.4 is 4.74 Å². The zero-order valence-corrected chi connectivity index (χ0v) is 19.0. The molecule has 4 aromatic rings. The molecule has 1 aliphatic rings. The van der Waals surface area contributed by atoms with Crippen LogP contribution in [-0.2, 0) is 4.79 Å². The van der Waals surface area contributed by atoms with Gasteiger partial charge in [-0.15, -0.1) is 11.3 Å². The summed E-state index contributed by atoms with van der Waals surface area (Å²) in [6, 6.07) is 5.16. The standard InChI is InChI=1S/C23H20N6O4S/c1-33-16-11-27-19(17-12-24-13-34-17)20-18(16)14(10-26-20)21(30)23(32)29-8-6-28(7-9-29)22(31)15-4-2-3-5-25-15/h2-5,10-13,26H,6-9H2,1H3. The van der Waals surface area contributed by atoms with Gasteiger partial charge in [0, 0.05) is 44.8 Å². The molecular formula is C23H20N6O4S. The normalized spacial score (nSPS) is 13.8. The maximum Gasteiger partial charge on any atom is 0.295 e. The van der Waals surface area contributed by atoms with Crippen LogP contribution in [0.25, 0.3) is 21.5 Å². The number of nitrogens with one attached hydrogen (secondary N) is 1. The number of aromatic amines is 1. The number of piperazine rings is 1. The SMILES string of the molecule is COc1cnc(-c2cncs2)c2[nH]cc(C(=O)C(=O)N3CCN(C(=O)c4ccccn4)CC3)c12. The molecule has 0 aliphatic carbocycles. The summed E-state index contributed by atoms with van der Waals surface area (Å²) < 4.78 is 5.43. The summed E-state index contributed by atoms with van der Waals surface area (Å²) in [7, 11) is 1.49. The lowest BCUT2D eigenvalue weighted by atomic mass is 10.1. The van der Waals surface area contributed by atoms with E-state index in [1.807, 2.05) is 0 Å². The van der Waals surface area contributed by atoms with Gasteiger partial charge in [-0.3, -0.25) is 24.4 Å². The third kappa shape index (κ3) is 3.79. The van der Waals surface area contributed by atoms with Gasteiger partial charge < -0.3 is 19.5 Å². The highest BCUT2D eigenvalue weighted by molar-refractivity contribution is 7.13. The Bertz CT molecular complexity index is 1360. The van der Waals surface area contributed by atoms with Gasteiger partial charge in [0.2, 0.25) is 0 Å². The van der Waals surface area contributed by atoms with Crippen molar-refractivity contribution in [1.82, 2.24) is 29.7 Å². The lowest BCUT2D eigenvalue weighted by Crippen LogP contribution is -2.52. The highest BCUT2D eigenvalue weighted by Crippen LogP contribution is 2.35. The van der Waals surface area contributed by atoms with Crippen LogP contribution in [0.3, 0.4) is 0 Å². The smallest absolute Gasteiger partial charge is 0.295 e. The molecule has 0 atom stereocenters. The van der Waals surface area contributed by atoms with E-state index < -0.39 is 11.7 Å². The van der Waals surface area contributed by atoms with E-state index in [9.17, 15) is 14.4 Å². The largest absolute Gasteiger partial charge is 0.494 e. The first-order valence-electron chi connectivity index (χ1n) is 10.6. The molecule has 2 amide bonds. The van der Waals surface area contributed by atoms with Crippen LogP contribution in [0.15, 0.2) is 48.5 Å². The fourth-order valence-corrected chi connectivity index (χ4v) is 4.62. The number of fused-ring (bicyclic) bond motifs is 1. The van der Waals surface area contributed by atoms with E-state index in [1.165, 1.54) is 35.7 Å². The van der Waals surface area contributed by atoms with Crippen molar-refractivity contribution >= 4 is 39.8 Å². The predicted molar refractivity (Wildman–Crippen MR) is 125 cm³/mol. The van der Waals surface area contributed by atoms with E-state index in [2.05, 4.69) is 19.9 Å². The molecule has 0 unspecified atom stereocenters. The summed E-state index contributed by atoms with van der Waals surface area (Å²) in [5.41, 5.74) is 3.51. The number of Topliss-reactive ketones (excluding diaryl/α,β-unsaturated/α-hetero) is 1. The molecule has 10 nitrogen and oxygen atoms in total. The highest BCUT2D eigenvalue weighted by atomic mass is 32.1. The average molecular weight is 477 g/mol. The number of thiazole rings is 1. The molecule has 0 spiro atoms. The van der Waals surface area contributed by atoms with Crippen molar-refractivity contribution < 1.29 is 19.1 Å². The van der Waals surface area contributed by atoms with E-state index in [0.29, 0.717) is 41.1 Å². The summed E-state index contributed by atoms with van der Waals surface area (Å²) in [6.07, 6.45) is 6.31. The van der Waals surface area contributed by atoms with Crippen LogP contribution in [0.2, 0.25) is 0 Å². The molecule has 0 bridgehead atoms. The van der Waals surface area contributed by atoms with Gasteiger partial charge in [-0.25, -0.2) is 4.98 Å². The van der Waals surface area contributed by atoms with Gasteiger partial charge >= 0.3 is 0 Å². The number of carbonyl (C=O) groups is 3. The van der Waals surface area contributed by atoms with Crippen molar-refractivity contribution in [3.05, 3.63) is 59.8 Å². The topological polar surface area (TPSA) is 121 Å². The third-order valence-electron chi connectivity index (χ3n) is 5.74. The second kappa shape index (κ2) is 9.02. The number of pyridine rings is 2. The number of rotatable bonds is 5. The minimum atomic E-state index is -0.643. The Hall–Kier alpha value is -4.12. The molecule has 34 heavy (non-hydrogen) atoms. The summed E-state index contributed by atoms with van der Waals surface area (Å²) >= 11 is 1.42. The zero-order valence-electron chi connectivity index (χ0n) is 18.2. The maximum atomic E-state index is 13.2. The Morgan fingerprint density at radius 1 is 1.06 bits per heavy atom. The second-order valence-electron chi connectivity index (χ2n) is 7.62. The fraction of sp³-hybridized carbons (Fsp3) is 0.217. The number of carbonyl (C=O) groups excluding carboxylic acids is 3. The van der Waals surface area contributed by atoms with Gasteiger partial charge in [0.05, 0.1) is 40.2 Å². The second-order valence-corrected chi connectivity index (χ2v) is 8.51. The quantitative estimate of drug-likeness (QED) is 0.346. The Balaban J connectivity index is 1.36.